The number of ketones is 2. The number of rotatable bonds is 3. The van der Waals surface area contributed by atoms with Crippen LogP contribution in [0.15, 0.2) is 42.5 Å². The van der Waals surface area contributed by atoms with Crippen LogP contribution < -0.4 is 14.5 Å². The van der Waals surface area contributed by atoms with Crippen molar-refractivity contribution in [3.63, 3.8) is 0 Å². The normalized spacial score (nSPS) is 19.2. The lowest BCUT2D eigenvalue weighted by molar-refractivity contribution is -0.125. The number of para-hydroxylation sites is 1. The molecule has 0 saturated heterocycles. The van der Waals surface area contributed by atoms with Crippen molar-refractivity contribution in [2.75, 3.05) is 16.8 Å². The number of anilines is 2. The summed E-state index contributed by atoms with van der Waals surface area (Å²) in [5.74, 6) is -1.37. The Bertz CT molecular complexity index is 1040. The standard InChI is InChI=1S/C21H18N2O5/c1-11(23-15-7-5-4-6-14(15)19(25)21(23)27)18(24)13-8-9-17-16(10-13)22(3)20(26)12(2)28-17/h4-12H,1-3H3. The molecule has 2 aromatic carbocycles. The highest BCUT2D eigenvalue weighted by Crippen LogP contribution is 2.35. The summed E-state index contributed by atoms with van der Waals surface area (Å²) in [7, 11) is 1.62. The second-order valence-electron chi connectivity index (χ2n) is 6.90. The second-order valence-corrected chi connectivity index (χ2v) is 6.90. The number of Topliss-reactive ketones (excluding diaryl/α,β-unsaturated/α-hetero) is 2. The van der Waals surface area contributed by atoms with E-state index in [9.17, 15) is 19.2 Å². The van der Waals surface area contributed by atoms with Crippen molar-refractivity contribution >= 4 is 34.8 Å². The Kier molecular flexibility index (Phi) is 4.03. The number of likely N-dealkylation sites (N-methyl/N-ethyl adjacent to an activating group) is 1. The summed E-state index contributed by atoms with van der Waals surface area (Å²) in [4.78, 5) is 52.6. The summed E-state index contributed by atoms with van der Waals surface area (Å²) >= 11 is 0. The number of amides is 2. The molecular weight excluding hydrogens is 360 g/mol. The monoisotopic (exact) mass is 378 g/mol. The summed E-state index contributed by atoms with van der Waals surface area (Å²) in [6.45, 7) is 3.25. The average molecular weight is 378 g/mol. The molecule has 2 amide bonds. The highest BCUT2D eigenvalue weighted by Gasteiger charge is 2.40. The van der Waals surface area contributed by atoms with Crippen LogP contribution in [-0.2, 0) is 9.59 Å². The van der Waals surface area contributed by atoms with Crippen molar-refractivity contribution < 1.29 is 23.9 Å². The third kappa shape index (κ3) is 2.51. The van der Waals surface area contributed by atoms with Crippen molar-refractivity contribution in [2.45, 2.75) is 26.0 Å². The van der Waals surface area contributed by atoms with Crippen molar-refractivity contribution in [3.8, 4) is 5.75 Å². The molecule has 0 N–H and O–H groups in total. The van der Waals surface area contributed by atoms with Gasteiger partial charge in [0.05, 0.1) is 23.0 Å². The molecule has 28 heavy (non-hydrogen) atoms. The van der Waals surface area contributed by atoms with Crippen molar-refractivity contribution in [3.05, 3.63) is 53.6 Å². The lowest BCUT2D eigenvalue weighted by atomic mass is 10.0. The van der Waals surface area contributed by atoms with E-state index in [1.807, 2.05) is 0 Å². The second kappa shape index (κ2) is 6.30. The van der Waals surface area contributed by atoms with E-state index in [1.54, 1.807) is 63.4 Å². The van der Waals surface area contributed by atoms with Crippen LogP contribution in [0, 0.1) is 0 Å². The first-order chi connectivity index (χ1) is 13.3. The predicted molar refractivity (Wildman–Crippen MR) is 102 cm³/mol. The van der Waals surface area contributed by atoms with E-state index in [0.717, 1.165) is 0 Å². The Morgan fingerprint density at radius 2 is 1.79 bits per heavy atom. The van der Waals surface area contributed by atoms with Gasteiger partial charge in [-0.3, -0.25) is 24.1 Å². The molecule has 0 spiro atoms. The lowest BCUT2D eigenvalue weighted by Crippen LogP contribution is -2.43. The van der Waals surface area contributed by atoms with E-state index in [4.69, 9.17) is 4.74 Å². The number of nitrogens with zero attached hydrogens (tertiary/aromatic N) is 2. The molecule has 7 nitrogen and oxygen atoms in total. The first-order valence-electron chi connectivity index (χ1n) is 8.90. The molecule has 0 saturated carbocycles. The maximum absolute atomic E-state index is 13.1. The molecule has 0 aromatic heterocycles. The van der Waals surface area contributed by atoms with Gasteiger partial charge in [0, 0.05) is 12.6 Å². The first-order valence-corrected chi connectivity index (χ1v) is 8.90. The van der Waals surface area contributed by atoms with Gasteiger partial charge in [0.1, 0.15) is 5.75 Å². The first kappa shape index (κ1) is 17.9. The number of ether oxygens (including phenoxy) is 1. The van der Waals surface area contributed by atoms with Crippen molar-refractivity contribution in [2.24, 2.45) is 0 Å². The Morgan fingerprint density at radius 3 is 2.54 bits per heavy atom. The fraction of sp³-hybridized carbons (Fsp3) is 0.238. The molecule has 2 aromatic rings. The van der Waals surface area contributed by atoms with Crippen LogP contribution in [0.1, 0.15) is 34.6 Å². The fourth-order valence-electron chi connectivity index (χ4n) is 3.62. The number of carbonyl (C=O) groups is 4. The largest absolute Gasteiger partial charge is 0.479 e. The predicted octanol–water partition coefficient (Wildman–Crippen LogP) is 2.23. The van der Waals surface area contributed by atoms with E-state index in [0.29, 0.717) is 28.3 Å². The molecular formula is C21H18N2O5. The minimum atomic E-state index is -0.873. The third-order valence-corrected chi connectivity index (χ3v) is 5.17. The molecule has 0 fully saturated rings. The lowest BCUT2D eigenvalue weighted by Gasteiger charge is -2.31. The number of hydrogen-bond donors (Lipinski definition) is 0. The molecule has 2 heterocycles. The Morgan fingerprint density at radius 1 is 1.07 bits per heavy atom. The van der Waals surface area contributed by atoms with Crippen LogP contribution >= 0.6 is 0 Å². The molecule has 0 radical (unpaired) electrons. The molecule has 2 aliphatic rings. The number of fused-ring (bicyclic) bond motifs is 2. The quantitative estimate of drug-likeness (QED) is 0.604. The van der Waals surface area contributed by atoms with Gasteiger partial charge in [0.2, 0.25) is 0 Å². The third-order valence-electron chi connectivity index (χ3n) is 5.17. The minimum Gasteiger partial charge on any atom is -0.479 e. The van der Waals surface area contributed by atoms with Gasteiger partial charge < -0.3 is 9.64 Å². The smallest absolute Gasteiger partial charge is 0.300 e. The van der Waals surface area contributed by atoms with Crippen LogP contribution in [0.25, 0.3) is 0 Å². The molecule has 2 aliphatic heterocycles. The number of benzene rings is 2. The summed E-state index contributed by atoms with van der Waals surface area (Å²) in [5.41, 5.74) is 1.55. The Balaban J connectivity index is 1.68. The summed E-state index contributed by atoms with van der Waals surface area (Å²) < 4.78 is 5.58. The van der Waals surface area contributed by atoms with E-state index in [-0.39, 0.29) is 11.7 Å². The highest BCUT2D eigenvalue weighted by atomic mass is 16.5. The van der Waals surface area contributed by atoms with E-state index < -0.39 is 23.8 Å². The van der Waals surface area contributed by atoms with Crippen molar-refractivity contribution in [1.82, 2.24) is 0 Å². The number of hydrogen-bond acceptors (Lipinski definition) is 5. The van der Waals surface area contributed by atoms with Gasteiger partial charge in [0.25, 0.3) is 17.6 Å². The van der Waals surface area contributed by atoms with Crippen LogP contribution in [0.3, 0.4) is 0 Å². The molecule has 0 bridgehead atoms. The molecule has 4 rings (SSSR count). The average Bonchev–Trinajstić information content (AvgIpc) is 2.96. The minimum absolute atomic E-state index is 0.209. The van der Waals surface area contributed by atoms with Crippen LogP contribution in [0.2, 0.25) is 0 Å². The van der Waals surface area contributed by atoms with Gasteiger partial charge in [-0.15, -0.1) is 0 Å². The summed E-state index contributed by atoms with van der Waals surface area (Å²) in [5, 5.41) is 0. The van der Waals surface area contributed by atoms with Crippen LogP contribution in [-0.4, -0.2) is 42.6 Å². The summed E-state index contributed by atoms with van der Waals surface area (Å²) in [6, 6.07) is 10.6. The van der Waals surface area contributed by atoms with Gasteiger partial charge in [-0.25, -0.2) is 0 Å². The maximum Gasteiger partial charge on any atom is 0.300 e. The van der Waals surface area contributed by atoms with Crippen LogP contribution in [0.4, 0.5) is 11.4 Å². The van der Waals surface area contributed by atoms with Gasteiger partial charge in [0.15, 0.2) is 11.9 Å². The molecule has 2 unspecified atom stereocenters. The van der Waals surface area contributed by atoms with E-state index in [1.165, 1.54) is 9.80 Å². The topological polar surface area (TPSA) is 84.0 Å². The molecule has 142 valence electrons. The zero-order valence-electron chi connectivity index (χ0n) is 15.6. The number of carbonyl (C=O) groups excluding carboxylic acids is 4. The van der Waals surface area contributed by atoms with Gasteiger partial charge in [-0.05, 0) is 44.2 Å². The molecule has 0 aliphatic carbocycles. The van der Waals surface area contributed by atoms with Gasteiger partial charge >= 0.3 is 0 Å². The zero-order valence-corrected chi connectivity index (χ0v) is 15.6. The van der Waals surface area contributed by atoms with E-state index in [2.05, 4.69) is 0 Å². The SMILES string of the molecule is CC1Oc2ccc(C(=O)C(C)N3C(=O)C(=O)c4ccccc43)cc2N(C)C1=O. The Hall–Kier alpha value is -3.48. The van der Waals surface area contributed by atoms with Crippen molar-refractivity contribution in [1.29, 1.82) is 0 Å². The Labute approximate surface area is 161 Å². The van der Waals surface area contributed by atoms with Crippen LogP contribution in [0.5, 0.6) is 5.75 Å². The zero-order chi connectivity index (χ0) is 20.2. The van der Waals surface area contributed by atoms with E-state index >= 15 is 0 Å². The molecule has 2 atom stereocenters. The fourth-order valence-corrected chi connectivity index (χ4v) is 3.62. The summed E-state index contributed by atoms with van der Waals surface area (Å²) in [6.07, 6.45) is -0.595. The van der Waals surface area contributed by atoms with Gasteiger partial charge in [-0.1, -0.05) is 12.1 Å². The maximum atomic E-state index is 13.1. The van der Waals surface area contributed by atoms with Gasteiger partial charge in [-0.2, -0.15) is 0 Å². The molecule has 7 heteroatoms. The highest BCUT2D eigenvalue weighted by molar-refractivity contribution is 6.53.